The molecule has 0 aliphatic heterocycles. The third kappa shape index (κ3) is 6.01. The van der Waals surface area contributed by atoms with Crippen LogP contribution in [0, 0.1) is 12.8 Å². The van der Waals surface area contributed by atoms with E-state index in [-0.39, 0.29) is 24.4 Å². The summed E-state index contributed by atoms with van der Waals surface area (Å²) < 4.78 is 43.8. The molecule has 1 aliphatic carbocycles. The van der Waals surface area contributed by atoms with E-state index in [0.29, 0.717) is 12.5 Å². The number of carbonyl (C=O) groups is 1. The fraction of sp³-hybridized carbons (Fsp3) is 0.562. The molecule has 0 radical (unpaired) electrons. The fourth-order valence-electron chi connectivity index (χ4n) is 2.11. The summed E-state index contributed by atoms with van der Waals surface area (Å²) in [4.78, 5) is 11.7. The number of aryl methyl sites for hydroxylation is 1. The summed E-state index contributed by atoms with van der Waals surface area (Å²) in [5.41, 5.74) is -0.685. The quantitative estimate of drug-likeness (QED) is 0.711. The van der Waals surface area contributed by atoms with Crippen LogP contribution in [-0.4, -0.2) is 37.0 Å². The maximum absolute atomic E-state index is 12.8. The Hall–Kier alpha value is -1.80. The number of hydrogen-bond acceptors (Lipinski definition) is 3. The summed E-state index contributed by atoms with van der Waals surface area (Å²) in [7, 11) is 0. The molecule has 1 fully saturated rings. The van der Waals surface area contributed by atoms with Gasteiger partial charge >= 0.3 is 12.2 Å². The first-order valence-corrected chi connectivity index (χ1v) is 7.74. The third-order valence-electron chi connectivity index (χ3n) is 3.66. The fourth-order valence-corrected chi connectivity index (χ4v) is 2.11. The van der Waals surface area contributed by atoms with E-state index in [2.05, 4.69) is 10.6 Å². The van der Waals surface area contributed by atoms with Gasteiger partial charge in [-0.2, -0.15) is 13.2 Å². The van der Waals surface area contributed by atoms with Crippen LogP contribution in [0.3, 0.4) is 0 Å². The number of ether oxygens (including phenoxy) is 1. The predicted molar refractivity (Wildman–Crippen MR) is 82.8 cm³/mol. The number of nitrogens with one attached hydrogen (secondary N) is 2. The van der Waals surface area contributed by atoms with Crippen LogP contribution in [0.2, 0.25) is 0 Å². The molecule has 0 heterocycles. The second-order valence-corrected chi connectivity index (χ2v) is 6.00. The maximum Gasteiger partial charge on any atom is 0.416 e. The summed E-state index contributed by atoms with van der Waals surface area (Å²) in [6.07, 6.45) is -3.05. The van der Waals surface area contributed by atoms with Crippen molar-refractivity contribution < 1.29 is 27.8 Å². The molecule has 2 rings (SSSR count). The monoisotopic (exact) mass is 346 g/mol. The number of carbonyl (C=O) groups excluding carboxylic acids is 1. The van der Waals surface area contributed by atoms with Gasteiger partial charge in [-0.05, 0) is 43.4 Å². The molecule has 0 spiro atoms. The zero-order valence-electron chi connectivity index (χ0n) is 13.3. The first-order valence-electron chi connectivity index (χ1n) is 7.74. The standard InChI is InChI=1S/C16H21F3N2O3/c1-10-2-5-12(6-14(10)16(17,18)19)21-15(23)20-7-13(22)9-24-8-11-3-4-11/h2,5-6,11,13,22H,3-4,7-9H2,1H3,(H2,20,21,23). The molecule has 24 heavy (non-hydrogen) atoms. The number of hydrogen-bond donors (Lipinski definition) is 3. The van der Waals surface area contributed by atoms with Gasteiger partial charge in [-0.25, -0.2) is 4.79 Å². The number of alkyl halides is 3. The minimum absolute atomic E-state index is 0.0323. The van der Waals surface area contributed by atoms with Crippen molar-refractivity contribution in [3.63, 3.8) is 0 Å². The van der Waals surface area contributed by atoms with Crippen molar-refractivity contribution in [2.45, 2.75) is 32.0 Å². The predicted octanol–water partition coefficient (Wildman–Crippen LogP) is 2.92. The second kappa shape index (κ2) is 7.85. The molecule has 1 aliphatic rings. The molecule has 8 heteroatoms. The molecular formula is C16H21F3N2O3. The van der Waals surface area contributed by atoms with Gasteiger partial charge in [-0.15, -0.1) is 0 Å². The molecule has 1 aromatic rings. The lowest BCUT2D eigenvalue weighted by molar-refractivity contribution is -0.138. The van der Waals surface area contributed by atoms with Crippen molar-refractivity contribution >= 4 is 11.7 Å². The Bertz CT molecular complexity index is 574. The first-order chi connectivity index (χ1) is 11.3. The van der Waals surface area contributed by atoms with Crippen LogP contribution < -0.4 is 10.6 Å². The van der Waals surface area contributed by atoms with Gasteiger partial charge in [0.15, 0.2) is 0 Å². The number of amides is 2. The summed E-state index contributed by atoms with van der Waals surface area (Å²) in [6, 6.07) is 2.87. The van der Waals surface area contributed by atoms with Crippen LogP contribution in [0.25, 0.3) is 0 Å². The highest BCUT2D eigenvalue weighted by atomic mass is 19.4. The molecule has 1 unspecified atom stereocenters. The molecule has 3 N–H and O–H groups in total. The minimum atomic E-state index is -4.48. The van der Waals surface area contributed by atoms with Crippen LogP contribution in [-0.2, 0) is 10.9 Å². The molecule has 0 bridgehead atoms. The van der Waals surface area contributed by atoms with Gasteiger partial charge in [0.2, 0.25) is 0 Å². The Balaban J connectivity index is 1.77. The molecule has 134 valence electrons. The van der Waals surface area contributed by atoms with Crippen LogP contribution in [0.1, 0.15) is 24.0 Å². The van der Waals surface area contributed by atoms with Gasteiger partial charge in [0.25, 0.3) is 0 Å². The summed E-state index contributed by atoms with van der Waals surface area (Å²) >= 11 is 0. The van der Waals surface area contributed by atoms with Gasteiger partial charge in [-0.1, -0.05) is 6.07 Å². The lowest BCUT2D eigenvalue weighted by Crippen LogP contribution is -2.37. The van der Waals surface area contributed by atoms with E-state index >= 15 is 0 Å². The van der Waals surface area contributed by atoms with Gasteiger partial charge < -0.3 is 20.5 Å². The third-order valence-corrected chi connectivity index (χ3v) is 3.66. The van der Waals surface area contributed by atoms with E-state index in [1.165, 1.54) is 19.1 Å². The van der Waals surface area contributed by atoms with Crippen molar-refractivity contribution in [1.82, 2.24) is 5.32 Å². The normalized spacial score (nSPS) is 15.9. The minimum Gasteiger partial charge on any atom is -0.389 e. The van der Waals surface area contributed by atoms with E-state index in [0.717, 1.165) is 18.9 Å². The van der Waals surface area contributed by atoms with Gasteiger partial charge in [0.1, 0.15) is 0 Å². The highest BCUT2D eigenvalue weighted by Gasteiger charge is 2.32. The summed E-state index contributed by atoms with van der Waals surface area (Å²) in [5, 5.41) is 14.4. The number of rotatable bonds is 7. The number of urea groups is 1. The van der Waals surface area contributed by atoms with Crippen molar-refractivity contribution in [3.05, 3.63) is 29.3 Å². The van der Waals surface area contributed by atoms with Crippen molar-refractivity contribution in [2.24, 2.45) is 5.92 Å². The average molecular weight is 346 g/mol. The van der Waals surface area contributed by atoms with Crippen LogP contribution >= 0.6 is 0 Å². The number of halogens is 3. The molecule has 1 aromatic carbocycles. The molecule has 5 nitrogen and oxygen atoms in total. The lowest BCUT2D eigenvalue weighted by Gasteiger charge is -2.15. The Morgan fingerprint density at radius 2 is 2.12 bits per heavy atom. The molecule has 1 saturated carbocycles. The van der Waals surface area contributed by atoms with E-state index in [4.69, 9.17) is 4.74 Å². The number of anilines is 1. The van der Waals surface area contributed by atoms with Crippen LogP contribution in [0.4, 0.5) is 23.7 Å². The SMILES string of the molecule is Cc1ccc(NC(=O)NCC(O)COCC2CC2)cc1C(F)(F)F. The first kappa shape index (κ1) is 18.5. The Morgan fingerprint density at radius 3 is 2.75 bits per heavy atom. The molecule has 0 saturated heterocycles. The zero-order valence-corrected chi connectivity index (χ0v) is 13.3. The Kier molecular flexibility index (Phi) is 6.06. The van der Waals surface area contributed by atoms with E-state index < -0.39 is 23.9 Å². The highest BCUT2D eigenvalue weighted by molar-refractivity contribution is 5.89. The zero-order chi connectivity index (χ0) is 17.7. The van der Waals surface area contributed by atoms with E-state index in [9.17, 15) is 23.1 Å². The highest BCUT2D eigenvalue weighted by Crippen LogP contribution is 2.33. The van der Waals surface area contributed by atoms with Crippen LogP contribution in [0.5, 0.6) is 0 Å². The number of aliphatic hydroxyl groups is 1. The summed E-state index contributed by atoms with van der Waals surface area (Å²) in [6.45, 7) is 2.02. The van der Waals surface area contributed by atoms with E-state index in [1.54, 1.807) is 0 Å². The number of aliphatic hydroxyl groups excluding tert-OH is 1. The van der Waals surface area contributed by atoms with Gasteiger partial charge in [-0.3, -0.25) is 0 Å². The van der Waals surface area contributed by atoms with Crippen LogP contribution in [0.15, 0.2) is 18.2 Å². The maximum atomic E-state index is 12.8. The largest absolute Gasteiger partial charge is 0.416 e. The average Bonchev–Trinajstić information content (AvgIpc) is 3.30. The van der Waals surface area contributed by atoms with Crippen molar-refractivity contribution in [1.29, 1.82) is 0 Å². The van der Waals surface area contributed by atoms with Crippen molar-refractivity contribution in [2.75, 3.05) is 25.1 Å². The Labute approximate surface area is 138 Å². The summed E-state index contributed by atoms with van der Waals surface area (Å²) in [5.74, 6) is 0.581. The molecule has 0 aromatic heterocycles. The van der Waals surface area contributed by atoms with E-state index in [1.807, 2.05) is 0 Å². The lowest BCUT2D eigenvalue weighted by atomic mass is 10.1. The van der Waals surface area contributed by atoms with Gasteiger partial charge in [0.05, 0.1) is 18.3 Å². The molecular weight excluding hydrogens is 325 g/mol. The van der Waals surface area contributed by atoms with Gasteiger partial charge in [0, 0.05) is 18.8 Å². The molecule has 1 atom stereocenters. The second-order valence-electron chi connectivity index (χ2n) is 6.00. The van der Waals surface area contributed by atoms with Crippen molar-refractivity contribution in [3.8, 4) is 0 Å². The Morgan fingerprint density at radius 1 is 1.42 bits per heavy atom. The smallest absolute Gasteiger partial charge is 0.389 e. The molecule has 2 amide bonds. The topological polar surface area (TPSA) is 70.6 Å². The number of benzene rings is 1.